The second-order valence-electron chi connectivity index (χ2n) is 4.69. The summed E-state index contributed by atoms with van der Waals surface area (Å²) in [6.45, 7) is 7.19. The summed E-state index contributed by atoms with van der Waals surface area (Å²) in [4.78, 5) is 2.50. The van der Waals surface area contributed by atoms with Gasteiger partial charge in [-0.2, -0.15) is 5.10 Å². The molecule has 0 saturated carbocycles. The van der Waals surface area contributed by atoms with E-state index in [0.717, 1.165) is 13.1 Å². The van der Waals surface area contributed by atoms with Crippen molar-refractivity contribution in [1.82, 2.24) is 14.7 Å². The summed E-state index contributed by atoms with van der Waals surface area (Å²) >= 11 is 0. The Morgan fingerprint density at radius 1 is 1.44 bits per heavy atom. The Morgan fingerprint density at radius 3 is 2.75 bits per heavy atom. The quantitative estimate of drug-likeness (QED) is 0.834. The van der Waals surface area contributed by atoms with E-state index in [1.807, 2.05) is 11.7 Å². The topological polar surface area (TPSA) is 47.1 Å². The monoisotopic (exact) mass is 222 g/mol. The van der Waals surface area contributed by atoms with E-state index in [1.165, 1.54) is 36.3 Å². The lowest BCUT2D eigenvalue weighted by Crippen LogP contribution is -2.29. The number of hydrogen-bond acceptors (Lipinski definition) is 3. The molecule has 16 heavy (non-hydrogen) atoms. The molecule has 1 aromatic rings. The summed E-state index contributed by atoms with van der Waals surface area (Å²) < 4.78 is 1.99. The number of aromatic nitrogens is 2. The van der Waals surface area contributed by atoms with Crippen molar-refractivity contribution in [3.05, 3.63) is 17.0 Å². The fourth-order valence-corrected chi connectivity index (χ4v) is 2.86. The summed E-state index contributed by atoms with van der Waals surface area (Å²) in [5.41, 5.74) is 9.56. The zero-order valence-corrected chi connectivity index (χ0v) is 10.5. The molecule has 0 spiro atoms. The summed E-state index contributed by atoms with van der Waals surface area (Å²) in [7, 11) is 2.02. The van der Waals surface area contributed by atoms with Crippen LogP contribution in [0, 0.1) is 13.8 Å². The highest BCUT2D eigenvalue weighted by molar-refractivity contribution is 5.29. The van der Waals surface area contributed by atoms with E-state index >= 15 is 0 Å². The fourth-order valence-electron chi connectivity index (χ4n) is 2.86. The van der Waals surface area contributed by atoms with Crippen LogP contribution in [0.5, 0.6) is 0 Å². The van der Waals surface area contributed by atoms with Gasteiger partial charge in [-0.05, 0) is 33.2 Å². The maximum atomic E-state index is 5.67. The lowest BCUT2D eigenvalue weighted by molar-refractivity contribution is 0.263. The zero-order chi connectivity index (χ0) is 11.7. The first-order chi connectivity index (χ1) is 7.65. The van der Waals surface area contributed by atoms with Crippen molar-refractivity contribution >= 4 is 0 Å². The Kier molecular flexibility index (Phi) is 3.30. The molecule has 0 bridgehead atoms. The van der Waals surface area contributed by atoms with E-state index in [0.29, 0.717) is 6.04 Å². The van der Waals surface area contributed by atoms with Gasteiger partial charge in [0.2, 0.25) is 0 Å². The van der Waals surface area contributed by atoms with Crippen molar-refractivity contribution in [2.45, 2.75) is 32.7 Å². The number of likely N-dealkylation sites (tertiary alicyclic amines) is 1. The third-order valence-corrected chi connectivity index (χ3v) is 3.68. The van der Waals surface area contributed by atoms with E-state index in [4.69, 9.17) is 5.73 Å². The Balaban J connectivity index is 2.28. The van der Waals surface area contributed by atoms with Gasteiger partial charge in [0.05, 0.1) is 5.69 Å². The SMILES string of the molecule is Cc1nn(C)c(C)c1C1CCCN1CCN. The van der Waals surface area contributed by atoms with E-state index in [-0.39, 0.29) is 0 Å². The molecule has 1 unspecified atom stereocenters. The highest BCUT2D eigenvalue weighted by Crippen LogP contribution is 2.34. The molecule has 2 N–H and O–H groups in total. The summed E-state index contributed by atoms with van der Waals surface area (Å²) in [6, 6.07) is 0.539. The van der Waals surface area contributed by atoms with Gasteiger partial charge in [0, 0.05) is 37.4 Å². The van der Waals surface area contributed by atoms with Gasteiger partial charge in [-0.1, -0.05) is 0 Å². The van der Waals surface area contributed by atoms with Crippen LogP contribution in [-0.2, 0) is 7.05 Å². The first kappa shape index (κ1) is 11.6. The Labute approximate surface area is 97.4 Å². The molecule has 1 aliphatic rings. The van der Waals surface area contributed by atoms with Gasteiger partial charge in [-0.25, -0.2) is 0 Å². The first-order valence-electron chi connectivity index (χ1n) is 6.09. The van der Waals surface area contributed by atoms with Crippen molar-refractivity contribution in [2.24, 2.45) is 12.8 Å². The number of hydrogen-bond donors (Lipinski definition) is 1. The van der Waals surface area contributed by atoms with Crippen LogP contribution in [0.1, 0.15) is 35.8 Å². The van der Waals surface area contributed by atoms with Gasteiger partial charge < -0.3 is 5.73 Å². The summed E-state index contributed by atoms with van der Waals surface area (Å²) in [6.07, 6.45) is 2.52. The molecule has 2 heterocycles. The van der Waals surface area contributed by atoms with E-state index < -0.39 is 0 Å². The van der Waals surface area contributed by atoms with Gasteiger partial charge in [0.25, 0.3) is 0 Å². The van der Waals surface area contributed by atoms with E-state index in [9.17, 15) is 0 Å². The predicted octanol–water partition coefficient (Wildman–Crippen LogP) is 1.13. The predicted molar refractivity (Wildman–Crippen MR) is 65.3 cm³/mol. The molecule has 90 valence electrons. The lowest BCUT2D eigenvalue weighted by atomic mass is 10.0. The van der Waals surface area contributed by atoms with Crippen LogP contribution < -0.4 is 5.73 Å². The molecule has 4 nitrogen and oxygen atoms in total. The lowest BCUT2D eigenvalue weighted by Gasteiger charge is -2.24. The van der Waals surface area contributed by atoms with E-state index in [1.54, 1.807) is 0 Å². The second-order valence-corrected chi connectivity index (χ2v) is 4.69. The minimum Gasteiger partial charge on any atom is -0.329 e. The Morgan fingerprint density at radius 2 is 2.19 bits per heavy atom. The Hall–Kier alpha value is -0.870. The largest absolute Gasteiger partial charge is 0.329 e. The van der Waals surface area contributed by atoms with Crippen molar-refractivity contribution in [2.75, 3.05) is 19.6 Å². The summed E-state index contributed by atoms with van der Waals surface area (Å²) in [5.74, 6) is 0. The van der Waals surface area contributed by atoms with Gasteiger partial charge in [0.1, 0.15) is 0 Å². The molecule has 1 aromatic heterocycles. The van der Waals surface area contributed by atoms with Crippen molar-refractivity contribution < 1.29 is 0 Å². The highest BCUT2D eigenvalue weighted by Gasteiger charge is 2.29. The van der Waals surface area contributed by atoms with Crippen LogP contribution in [0.15, 0.2) is 0 Å². The molecule has 1 saturated heterocycles. The molecule has 2 rings (SSSR count). The smallest absolute Gasteiger partial charge is 0.0644 e. The normalized spacial score (nSPS) is 21.9. The molecule has 0 aliphatic carbocycles. The first-order valence-corrected chi connectivity index (χ1v) is 6.09. The van der Waals surface area contributed by atoms with Crippen molar-refractivity contribution in [3.8, 4) is 0 Å². The van der Waals surface area contributed by atoms with Gasteiger partial charge >= 0.3 is 0 Å². The Bertz CT molecular complexity index is 369. The number of rotatable bonds is 3. The number of nitrogens with zero attached hydrogens (tertiary/aromatic N) is 3. The molecule has 1 aliphatic heterocycles. The minimum atomic E-state index is 0.539. The van der Waals surface area contributed by atoms with Crippen LogP contribution in [0.25, 0.3) is 0 Å². The third kappa shape index (κ3) is 1.87. The zero-order valence-electron chi connectivity index (χ0n) is 10.5. The number of aryl methyl sites for hydroxylation is 2. The molecule has 4 heteroatoms. The molecule has 0 radical (unpaired) electrons. The maximum absolute atomic E-state index is 5.67. The minimum absolute atomic E-state index is 0.539. The van der Waals surface area contributed by atoms with E-state index in [2.05, 4.69) is 23.8 Å². The maximum Gasteiger partial charge on any atom is 0.0644 e. The van der Waals surface area contributed by atoms with Gasteiger partial charge in [-0.3, -0.25) is 9.58 Å². The van der Waals surface area contributed by atoms with Crippen LogP contribution >= 0.6 is 0 Å². The molecule has 1 fully saturated rings. The average Bonchev–Trinajstić information content (AvgIpc) is 2.75. The van der Waals surface area contributed by atoms with Gasteiger partial charge in [0.15, 0.2) is 0 Å². The standard InChI is InChI=1S/C12H22N4/c1-9-12(10(2)15(3)14-9)11-5-4-7-16(11)8-6-13/h11H,4-8,13H2,1-3H3. The van der Waals surface area contributed by atoms with Gasteiger partial charge in [-0.15, -0.1) is 0 Å². The molecule has 1 atom stereocenters. The summed E-state index contributed by atoms with van der Waals surface area (Å²) in [5, 5.41) is 4.51. The van der Waals surface area contributed by atoms with Crippen LogP contribution in [0.4, 0.5) is 0 Å². The molecule has 0 aromatic carbocycles. The van der Waals surface area contributed by atoms with Crippen LogP contribution in [0.3, 0.4) is 0 Å². The van der Waals surface area contributed by atoms with Crippen LogP contribution in [0.2, 0.25) is 0 Å². The molecular weight excluding hydrogens is 200 g/mol. The third-order valence-electron chi connectivity index (χ3n) is 3.68. The molecule has 0 amide bonds. The van der Waals surface area contributed by atoms with Crippen molar-refractivity contribution in [1.29, 1.82) is 0 Å². The van der Waals surface area contributed by atoms with Crippen LogP contribution in [-0.4, -0.2) is 34.3 Å². The highest BCUT2D eigenvalue weighted by atomic mass is 15.3. The van der Waals surface area contributed by atoms with Crippen molar-refractivity contribution in [3.63, 3.8) is 0 Å². The number of nitrogens with two attached hydrogens (primary N) is 1. The fraction of sp³-hybridized carbons (Fsp3) is 0.750. The molecular formula is C12H22N4. The average molecular weight is 222 g/mol. The second kappa shape index (κ2) is 4.55.